The Labute approximate surface area is 134 Å². The Kier molecular flexibility index (Phi) is 3.28. The van der Waals surface area contributed by atoms with Crippen LogP contribution in [-0.4, -0.2) is 4.98 Å². The van der Waals surface area contributed by atoms with Crippen LogP contribution in [0.4, 0.5) is 0 Å². The minimum Gasteiger partial charge on any atom is -0.248 e. The van der Waals surface area contributed by atoms with E-state index in [9.17, 15) is 0 Å². The molecule has 0 aliphatic heterocycles. The number of aromatic nitrogens is 1. The number of alkyl halides is 1. The van der Waals surface area contributed by atoms with E-state index in [1.165, 1.54) is 10.8 Å². The second kappa shape index (κ2) is 5.43. The number of pyridine rings is 1. The summed E-state index contributed by atoms with van der Waals surface area (Å²) < 4.78 is 0. The lowest BCUT2D eigenvalue weighted by atomic mass is 9.96. The molecule has 4 aromatic rings. The Hall–Kier alpha value is -2.38. The zero-order valence-corrected chi connectivity index (χ0v) is 12.7. The fourth-order valence-electron chi connectivity index (χ4n) is 2.94. The molecule has 0 aliphatic rings. The van der Waals surface area contributed by atoms with Gasteiger partial charge in [-0.2, -0.15) is 0 Å². The molecule has 2 heteroatoms. The van der Waals surface area contributed by atoms with Crippen LogP contribution in [0, 0.1) is 0 Å². The van der Waals surface area contributed by atoms with Crippen molar-refractivity contribution in [2.75, 3.05) is 0 Å². The summed E-state index contributed by atoms with van der Waals surface area (Å²) >= 11 is 6.17. The molecule has 106 valence electrons. The molecule has 0 aliphatic carbocycles. The average molecular weight is 304 g/mol. The maximum Gasteiger partial charge on any atom is 0.0719 e. The van der Waals surface area contributed by atoms with Gasteiger partial charge in [-0.05, 0) is 28.5 Å². The quantitative estimate of drug-likeness (QED) is 0.427. The van der Waals surface area contributed by atoms with Crippen molar-refractivity contribution in [1.82, 2.24) is 4.98 Å². The molecule has 22 heavy (non-hydrogen) atoms. The predicted octanol–water partition coefficient (Wildman–Crippen LogP) is 5.79. The zero-order chi connectivity index (χ0) is 14.9. The van der Waals surface area contributed by atoms with Gasteiger partial charge < -0.3 is 0 Å². The van der Waals surface area contributed by atoms with E-state index in [2.05, 4.69) is 54.6 Å². The third kappa shape index (κ3) is 2.15. The molecule has 0 N–H and O–H groups in total. The number of hydrogen-bond acceptors (Lipinski definition) is 1. The van der Waals surface area contributed by atoms with Gasteiger partial charge >= 0.3 is 0 Å². The van der Waals surface area contributed by atoms with E-state index < -0.39 is 0 Å². The van der Waals surface area contributed by atoms with Gasteiger partial charge in [0.25, 0.3) is 0 Å². The third-order valence-corrected chi connectivity index (χ3v) is 4.30. The van der Waals surface area contributed by atoms with Crippen LogP contribution in [0.1, 0.15) is 5.56 Å². The minimum atomic E-state index is 0.481. The second-order valence-electron chi connectivity index (χ2n) is 5.34. The van der Waals surface area contributed by atoms with Crippen molar-refractivity contribution in [3.8, 4) is 11.3 Å². The van der Waals surface area contributed by atoms with Crippen molar-refractivity contribution in [2.24, 2.45) is 0 Å². The molecule has 0 amide bonds. The van der Waals surface area contributed by atoms with Crippen molar-refractivity contribution < 1.29 is 0 Å². The van der Waals surface area contributed by atoms with E-state index >= 15 is 0 Å². The predicted molar refractivity (Wildman–Crippen MR) is 94.2 cm³/mol. The van der Waals surface area contributed by atoms with Gasteiger partial charge in [0, 0.05) is 16.8 Å². The van der Waals surface area contributed by atoms with Crippen molar-refractivity contribution >= 4 is 33.3 Å². The van der Waals surface area contributed by atoms with Crippen LogP contribution < -0.4 is 0 Å². The van der Waals surface area contributed by atoms with Gasteiger partial charge in [0.15, 0.2) is 0 Å². The number of nitrogens with zero attached hydrogens (tertiary/aromatic N) is 1. The van der Waals surface area contributed by atoms with Gasteiger partial charge in [-0.25, -0.2) is 4.98 Å². The molecule has 0 spiro atoms. The van der Waals surface area contributed by atoms with E-state index in [1.807, 2.05) is 18.2 Å². The van der Waals surface area contributed by atoms with Crippen molar-refractivity contribution in [1.29, 1.82) is 0 Å². The summed E-state index contributed by atoms with van der Waals surface area (Å²) in [5.74, 6) is 0.481. The first-order chi connectivity index (χ1) is 10.9. The largest absolute Gasteiger partial charge is 0.248 e. The zero-order valence-electron chi connectivity index (χ0n) is 12.0. The monoisotopic (exact) mass is 303 g/mol. The summed E-state index contributed by atoms with van der Waals surface area (Å²) in [6, 6.07) is 25.0. The highest BCUT2D eigenvalue weighted by Gasteiger charge is 2.11. The Balaban J connectivity index is 2.06. The first-order valence-corrected chi connectivity index (χ1v) is 7.83. The number of rotatable bonds is 2. The van der Waals surface area contributed by atoms with Gasteiger partial charge in [0.05, 0.1) is 11.2 Å². The molecule has 0 atom stereocenters. The summed E-state index contributed by atoms with van der Waals surface area (Å²) in [5, 5.41) is 3.56. The van der Waals surface area contributed by atoms with Crippen LogP contribution in [0.3, 0.4) is 0 Å². The van der Waals surface area contributed by atoms with E-state index in [0.717, 1.165) is 27.7 Å². The molecular formula is C20H14ClN. The maximum absolute atomic E-state index is 6.17. The highest BCUT2D eigenvalue weighted by Crippen LogP contribution is 2.33. The summed E-state index contributed by atoms with van der Waals surface area (Å²) in [7, 11) is 0. The Morgan fingerprint density at radius 2 is 1.45 bits per heavy atom. The van der Waals surface area contributed by atoms with Gasteiger partial charge in [-0.3, -0.25) is 0 Å². The summed E-state index contributed by atoms with van der Waals surface area (Å²) in [6.45, 7) is 0. The van der Waals surface area contributed by atoms with Crippen LogP contribution in [0.25, 0.3) is 32.9 Å². The number of benzene rings is 3. The highest BCUT2D eigenvalue weighted by atomic mass is 35.5. The highest BCUT2D eigenvalue weighted by molar-refractivity contribution is 6.18. The normalized spacial score (nSPS) is 11.1. The maximum atomic E-state index is 6.17. The summed E-state index contributed by atoms with van der Waals surface area (Å²) in [4.78, 5) is 4.85. The Morgan fingerprint density at radius 3 is 2.32 bits per heavy atom. The smallest absolute Gasteiger partial charge is 0.0719 e. The SMILES string of the molecule is ClCc1ccc2ccccc2c1-c1ccc2ccccc2n1. The molecular weight excluding hydrogens is 290 g/mol. The van der Waals surface area contributed by atoms with Crippen molar-refractivity contribution in [2.45, 2.75) is 5.88 Å². The number of hydrogen-bond donors (Lipinski definition) is 0. The minimum absolute atomic E-state index is 0.481. The van der Waals surface area contributed by atoms with Crippen LogP contribution in [-0.2, 0) is 5.88 Å². The van der Waals surface area contributed by atoms with Gasteiger partial charge in [-0.15, -0.1) is 11.6 Å². The van der Waals surface area contributed by atoms with Crippen LogP contribution in [0.2, 0.25) is 0 Å². The lowest BCUT2D eigenvalue weighted by Gasteiger charge is -2.12. The Morgan fingerprint density at radius 1 is 0.727 bits per heavy atom. The molecule has 0 saturated heterocycles. The standard InChI is InChI=1S/C20H14ClN/c21-13-16-10-9-14-5-1-3-7-17(14)20(16)19-12-11-15-6-2-4-8-18(15)22-19/h1-12H,13H2. The fraction of sp³-hybridized carbons (Fsp3) is 0.0500. The number of fused-ring (bicyclic) bond motifs is 2. The second-order valence-corrected chi connectivity index (χ2v) is 5.61. The van der Waals surface area contributed by atoms with Gasteiger partial charge in [0.2, 0.25) is 0 Å². The summed E-state index contributed by atoms with van der Waals surface area (Å²) in [5.41, 5.74) is 4.24. The topological polar surface area (TPSA) is 12.9 Å². The van der Waals surface area contributed by atoms with Crippen LogP contribution in [0.15, 0.2) is 72.8 Å². The lowest BCUT2D eigenvalue weighted by molar-refractivity contribution is 1.35. The molecule has 0 bridgehead atoms. The van der Waals surface area contributed by atoms with E-state index in [-0.39, 0.29) is 0 Å². The van der Waals surface area contributed by atoms with Crippen LogP contribution >= 0.6 is 11.6 Å². The van der Waals surface area contributed by atoms with Gasteiger partial charge in [-0.1, -0.05) is 60.7 Å². The van der Waals surface area contributed by atoms with Gasteiger partial charge in [0.1, 0.15) is 0 Å². The molecule has 1 heterocycles. The van der Waals surface area contributed by atoms with E-state index in [4.69, 9.17) is 16.6 Å². The molecule has 1 nitrogen and oxygen atoms in total. The molecule has 0 unspecified atom stereocenters. The molecule has 0 fully saturated rings. The lowest BCUT2D eigenvalue weighted by Crippen LogP contribution is -1.92. The number of para-hydroxylation sites is 1. The molecule has 0 saturated carbocycles. The average Bonchev–Trinajstić information content (AvgIpc) is 2.60. The first-order valence-electron chi connectivity index (χ1n) is 7.29. The van der Waals surface area contributed by atoms with E-state index in [0.29, 0.717) is 5.88 Å². The molecule has 1 aromatic heterocycles. The third-order valence-electron chi connectivity index (χ3n) is 4.01. The molecule has 3 aromatic carbocycles. The van der Waals surface area contributed by atoms with Crippen LogP contribution in [0.5, 0.6) is 0 Å². The van der Waals surface area contributed by atoms with E-state index in [1.54, 1.807) is 0 Å². The molecule has 0 radical (unpaired) electrons. The molecule has 4 rings (SSSR count). The fourth-order valence-corrected chi connectivity index (χ4v) is 3.16. The van der Waals surface area contributed by atoms with Crippen molar-refractivity contribution in [3.05, 3.63) is 78.4 Å². The van der Waals surface area contributed by atoms with Crippen molar-refractivity contribution in [3.63, 3.8) is 0 Å². The summed E-state index contributed by atoms with van der Waals surface area (Å²) in [6.07, 6.45) is 0. The first kappa shape index (κ1) is 13.3. The Bertz CT molecular complexity index is 975. The number of halogens is 1.